The van der Waals surface area contributed by atoms with E-state index in [9.17, 15) is 0 Å². The normalized spacial score (nSPS) is 23.6. The Labute approximate surface area is 117 Å². The fraction of sp³-hybridized carbons (Fsp3) is 0.647. The summed E-state index contributed by atoms with van der Waals surface area (Å²) in [4.78, 5) is 0. The minimum atomic E-state index is 0.342. The fourth-order valence-electron chi connectivity index (χ4n) is 2.74. The lowest BCUT2D eigenvalue weighted by atomic mass is 9.89. The zero-order valence-corrected chi connectivity index (χ0v) is 12.7. The number of rotatable bonds is 5. The van der Waals surface area contributed by atoms with Gasteiger partial charge in [-0.2, -0.15) is 0 Å². The van der Waals surface area contributed by atoms with Crippen molar-refractivity contribution in [3.05, 3.63) is 29.3 Å². The molecular weight excluding hydrogens is 234 g/mol. The largest absolute Gasteiger partial charge is 0.490 e. The summed E-state index contributed by atoms with van der Waals surface area (Å²) in [5, 5.41) is 3.68. The van der Waals surface area contributed by atoms with E-state index in [1.807, 2.05) is 0 Å². The summed E-state index contributed by atoms with van der Waals surface area (Å²) in [6.45, 7) is 9.98. The zero-order valence-electron chi connectivity index (χ0n) is 12.7. The summed E-state index contributed by atoms with van der Waals surface area (Å²) in [5.41, 5.74) is 2.65. The van der Waals surface area contributed by atoms with Crippen LogP contribution in [0.3, 0.4) is 0 Å². The highest BCUT2D eigenvalue weighted by atomic mass is 16.5. The van der Waals surface area contributed by atoms with Gasteiger partial charge in [0, 0.05) is 18.0 Å². The SMILES string of the molecule is CCCNC1CC(C(C)CC)Oc2ccc(C)cc21. The molecule has 19 heavy (non-hydrogen) atoms. The topological polar surface area (TPSA) is 21.3 Å². The summed E-state index contributed by atoms with van der Waals surface area (Å²) in [6, 6.07) is 7.01. The molecule has 1 aliphatic heterocycles. The maximum Gasteiger partial charge on any atom is 0.124 e. The molecule has 1 N–H and O–H groups in total. The lowest BCUT2D eigenvalue weighted by molar-refractivity contribution is 0.0980. The third-order valence-electron chi connectivity index (χ3n) is 4.21. The first-order valence-corrected chi connectivity index (χ1v) is 7.66. The van der Waals surface area contributed by atoms with Crippen LogP contribution in [0.5, 0.6) is 5.75 Å². The smallest absolute Gasteiger partial charge is 0.124 e. The van der Waals surface area contributed by atoms with E-state index in [0.29, 0.717) is 18.1 Å². The van der Waals surface area contributed by atoms with Gasteiger partial charge in [0.05, 0.1) is 0 Å². The van der Waals surface area contributed by atoms with Crippen LogP contribution in [0, 0.1) is 12.8 Å². The second-order valence-electron chi connectivity index (χ2n) is 5.83. The van der Waals surface area contributed by atoms with Crippen molar-refractivity contribution in [2.24, 2.45) is 5.92 Å². The van der Waals surface area contributed by atoms with Gasteiger partial charge in [0.2, 0.25) is 0 Å². The number of benzene rings is 1. The number of hydrogen-bond donors (Lipinski definition) is 1. The Balaban J connectivity index is 2.23. The first-order valence-electron chi connectivity index (χ1n) is 7.66. The van der Waals surface area contributed by atoms with Crippen LogP contribution in [-0.4, -0.2) is 12.6 Å². The maximum absolute atomic E-state index is 6.21. The van der Waals surface area contributed by atoms with Gasteiger partial charge < -0.3 is 10.1 Å². The first kappa shape index (κ1) is 14.4. The van der Waals surface area contributed by atoms with Crippen LogP contribution >= 0.6 is 0 Å². The number of fused-ring (bicyclic) bond motifs is 1. The Hall–Kier alpha value is -1.02. The third kappa shape index (κ3) is 3.30. The minimum Gasteiger partial charge on any atom is -0.490 e. The Morgan fingerprint density at radius 3 is 2.84 bits per heavy atom. The maximum atomic E-state index is 6.21. The highest BCUT2D eigenvalue weighted by Crippen LogP contribution is 2.37. The van der Waals surface area contributed by atoms with Gasteiger partial charge in [0.15, 0.2) is 0 Å². The summed E-state index contributed by atoms with van der Waals surface area (Å²) in [7, 11) is 0. The van der Waals surface area contributed by atoms with Gasteiger partial charge in [-0.1, -0.05) is 44.9 Å². The quantitative estimate of drug-likeness (QED) is 0.856. The third-order valence-corrected chi connectivity index (χ3v) is 4.21. The first-order chi connectivity index (χ1) is 9.15. The molecule has 2 rings (SSSR count). The number of nitrogens with one attached hydrogen (secondary N) is 1. The molecule has 1 aliphatic rings. The second kappa shape index (κ2) is 6.42. The molecule has 0 amide bonds. The highest BCUT2D eigenvalue weighted by molar-refractivity contribution is 5.41. The number of ether oxygens (including phenoxy) is 1. The molecule has 2 nitrogen and oxygen atoms in total. The minimum absolute atomic E-state index is 0.342. The second-order valence-corrected chi connectivity index (χ2v) is 5.83. The van der Waals surface area contributed by atoms with Gasteiger partial charge in [-0.05, 0) is 31.9 Å². The van der Waals surface area contributed by atoms with Crippen molar-refractivity contribution in [1.82, 2.24) is 5.32 Å². The molecule has 0 radical (unpaired) electrons. The van der Waals surface area contributed by atoms with E-state index in [4.69, 9.17) is 4.74 Å². The molecule has 3 atom stereocenters. The van der Waals surface area contributed by atoms with E-state index in [2.05, 4.69) is 51.2 Å². The van der Waals surface area contributed by atoms with Crippen LogP contribution in [0.2, 0.25) is 0 Å². The van der Waals surface area contributed by atoms with Crippen LogP contribution in [-0.2, 0) is 0 Å². The van der Waals surface area contributed by atoms with Crippen LogP contribution in [0.4, 0.5) is 0 Å². The molecule has 0 spiro atoms. The van der Waals surface area contributed by atoms with Crippen molar-refractivity contribution in [3.8, 4) is 5.75 Å². The Morgan fingerprint density at radius 2 is 2.16 bits per heavy atom. The molecule has 0 aromatic heterocycles. The molecule has 1 aromatic rings. The fourth-order valence-corrected chi connectivity index (χ4v) is 2.74. The van der Waals surface area contributed by atoms with Gasteiger partial charge in [-0.3, -0.25) is 0 Å². The molecule has 106 valence electrons. The lowest BCUT2D eigenvalue weighted by Crippen LogP contribution is -2.36. The highest BCUT2D eigenvalue weighted by Gasteiger charge is 2.30. The summed E-state index contributed by atoms with van der Waals surface area (Å²) in [5.74, 6) is 1.69. The average molecular weight is 261 g/mol. The van der Waals surface area contributed by atoms with Crippen molar-refractivity contribution in [2.75, 3.05) is 6.54 Å². The molecule has 1 aromatic carbocycles. The molecule has 0 saturated carbocycles. The van der Waals surface area contributed by atoms with Gasteiger partial charge >= 0.3 is 0 Å². The van der Waals surface area contributed by atoms with E-state index >= 15 is 0 Å². The molecule has 0 fully saturated rings. The Bertz CT molecular complexity index is 416. The predicted octanol–water partition coefficient (Wildman–Crippen LogP) is 4.23. The van der Waals surface area contributed by atoms with Crippen LogP contribution in [0.15, 0.2) is 18.2 Å². The summed E-state index contributed by atoms with van der Waals surface area (Å²) in [6.07, 6.45) is 3.78. The van der Waals surface area contributed by atoms with Crippen LogP contribution in [0.1, 0.15) is 57.2 Å². The standard InChI is InChI=1S/C17H27NO/c1-5-9-18-15-11-17(13(4)6-2)19-16-8-7-12(3)10-14(15)16/h7-8,10,13,15,17-18H,5-6,9,11H2,1-4H3. The molecular formula is C17H27NO. The van der Waals surface area contributed by atoms with Crippen molar-refractivity contribution in [2.45, 2.75) is 59.1 Å². The van der Waals surface area contributed by atoms with Crippen LogP contribution in [0.25, 0.3) is 0 Å². The van der Waals surface area contributed by atoms with Gasteiger partial charge in [-0.25, -0.2) is 0 Å². The lowest BCUT2D eigenvalue weighted by Gasteiger charge is -2.35. The van der Waals surface area contributed by atoms with E-state index in [0.717, 1.165) is 18.7 Å². The van der Waals surface area contributed by atoms with Crippen LogP contribution < -0.4 is 10.1 Å². The van der Waals surface area contributed by atoms with E-state index in [1.165, 1.54) is 24.0 Å². The summed E-state index contributed by atoms with van der Waals surface area (Å²) >= 11 is 0. The van der Waals surface area contributed by atoms with Gasteiger partial charge in [0.1, 0.15) is 11.9 Å². The van der Waals surface area contributed by atoms with E-state index in [1.54, 1.807) is 0 Å². The summed E-state index contributed by atoms with van der Waals surface area (Å²) < 4.78 is 6.21. The number of hydrogen-bond acceptors (Lipinski definition) is 2. The molecule has 0 aliphatic carbocycles. The Morgan fingerprint density at radius 1 is 1.37 bits per heavy atom. The van der Waals surface area contributed by atoms with E-state index < -0.39 is 0 Å². The Kier molecular flexibility index (Phi) is 4.87. The van der Waals surface area contributed by atoms with E-state index in [-0.39, 0.29) is 0 Å². The van der Waals surface area contributed by atoms with Crippen molar-refractivity contribution >= 4 is 0 Å². The van der Waals surface area contributed by atoms with Gasteiger partial charge in [0.25, 0.3) is 0 Å². The monoisotopic (exact) mass is 261 g/mol. The van der Waals surface area contributed by atoms with Crippen molar-refractivity contribution < 1.29 is 4.74 Å². The van der Waals surface area contributed by atoms with Crippen molar-refractivity contribution in [3.63, 3.8) is 0 Å². The zero-order chi connectivity index (χ0) is 13.8. The molecule has 0 bridgehead atoms. The molecule has 0 saturated heterocycles. The van der Waals surface area contributed by atoms with Crippen molar-refractivity contribution in [1.29, 1.82) is 0 Å². The average Bonchev–Trinajstić information content (AvgIpc) is 2.43. The van der Waals surface area contributed by atoms with Gasteiger partial charge in [-0.15, -0.1) is 0 Å². The molecule has 1 heterocycles. The molecule has 3 unspecified atom stereocenters. The molecule has 2 heteroatoms. The predicted molar refractivity (Wildman–Crippen MR) is 80.7 cm³/mol. The number of aryl methyl sites for hydroxylation is 1.